The molecule has 1 N–H and O–H groups in total. The molecule has 0 spiro atoms. The van der Waals surface area contributed by atoms with Crippen LogP contribution >= 0.6 is 11.8 Å². The molecule has 0 bridgehead atoms. The quantitative estimate of drug-likeness (QED) is 0.383. The van der Waals surface area contributed by atoms with Gasteiger partial charge in [-0.1, -0.05) is 66.4 Å². The third-order valence-corrected chi connectivity index (χ3v) is 8.42. The molecule has 1 aliphatic heterocycles. The third kappa shape index (κ3) is 5.36. The van der Waals surface area contributed by atoms with Crippen LogP contribution in [0.15, 0.2) is 72.4 Å². The van der Waals surface area contributed by atoms with Crippen molar-refractivity contribution in [2.24, 2.45) is 0 Å². The Labute approximate surface area is 198 Å². The fourth-order valence-corrected chi connectivity index (χ4v) is 6.50. The van der Waals surface area contributed by atoms with E-state index < -0.39 is 15.1 Å². The number of nitrogens with one attached hydrogen (secondary N) is 1. The molecule has 3 aromatic rings. The molecule has 0 aliphatic carbocycles. The van der Waals surface area contributed by atoms with Gasteiger partial charge in [-0.15, -0.1) is 16.8 Å². The van der Waals surface area contributed by atoms with E-state index in [9.17, 15) is 13.2 Å². The van der Waals surface area contributed by atoms with Crippen molar-refractivity contribution < 1.29 is 13.2 Å². The number of carbonyl (C=O) groups excluding carboxylic acids is 1. The van der Waals surface area contributed by atoms with Gasteiger partial charge in [0, 0.05) is 23.7 Å². The summed E-state index contributed by atoms with van der Waals surface area (Å²) in [4.78, 5) is 13.0. The average Bonchev–Trinajstić information content (AvgIpc) is 3.37. The van der Waals surface area contributed by atoms with Crippen LogP contribution < -0.4 is 5.32 Å². The summed E-state index contributed by atoms with van der Waals surface area (Å²) in [5.41, 5.74) is 2.71. The smallest absolute Gasteiger partial charge is 0.237 e. The number of para-hydroxylation sites is 1. The summed E-state index contributed by atoms with van der Waals surface area (Å²) in [5.74, 6) is 0.556. The molecule has 33 heavy (non-hydrogen) atoms. The number of hydrogen-bond acceptors (Lipinski definition) is 6. The highest BCUT2D eigenvalue weighted by Crippen LogP contribution is 2.32. The first-order valence-corrected chi connectivity index (χ1v) is 13.4. The number of nitrogens with zero attached hydrogens (tertiary/aromatic N) is 3. The van der Waals surface area contributed by atoms with Crippen molar-refractivity contribution in [1.29, 1.82) is 0 Å². The summed E-state index contributed by atoms with van der Waals surface area (Å²) in [7, 11) is -3.04. The Balaban J connectivity index is 1.51. The first-order chi connectivity index (χ1) is 15.9. The molecule has 9 heteroatoms. The minimum atomic E-state index is -3.04. The second-order valence-corrected chi connectivity index (χ2v) is 11.5. The van der Waals surface area contributed by atoms with Crippen molar-refractivity contribution in [2.75, 3.05) is 16.8 Å². The molecule has 2 atom stereocenters. The summed E-state index contributed by atoms with van der Waals surface area (Å²) in [6, 6.07) is 17.6. The molecule has 0 saturated carbocycles. The number of thioether (sulfide) groups is 1. The molecule has 1 aromatic heterocycles. The molecule has 1 saturated heterocycles. The first kappa shape index (κ1) is 23.3. The van der Waals surface area contributed by atoms with Crippen LogP contribution in [0.4, 0.5) is 5.69 Å². The minimum Gasteiger partial charge on any atom is -0.325 e. The molecule has 2 aromatic carbocycles. The lowest BCUT2D eigenvalue weighted by atomic mass is 10.0. The molecule has 1 aliphatic rings. The van der Waals surface area contributed by atoms with Crippen LogP contribution in [-0.2, 0) is 21.2 Å². The van der Waals surface area contributed by atoms with Crippen LogP contribution in [0.2, 0.25) is 0 Å². The zero-order chi connectivity index (χ0) is 23.4. The van der Waals surface area contributed by atoms with Crippen LogP contribution in [-0.4, -0.2) is 45.8 Å². The second kappa shape index (κ2) is 9.93. The number of aromatic nitrogens is 3. The van der Waals surface area contributed by atoms with Crippen molar-refractivity contribution in [2.45, 2.75) is 36.2 Å². The molecule has 172 valence electrons. The molecular weight excluding hydrogens is 456 g/mol. The van der Waals surface area contributed by atoms with Gasteiger partial charge in [-0.2, -0.15) is 0 Å². The van der Waals surface area contributed by atoms with E-state index in [1.165, 1.54) is 11.8 Å². The van der Waals surface area contributed by atoms with Crippen molar-refractivity contribution in [3.8, 4) is 11.1 Å². The molecule has 0 radical (unpaired) electrons. The van der Waals surface area contributed by atoms with Gasteiger partial charge in [0.2, 0.25) is 5.91 Å². The Morgan fingerprint density at radius 3 is 2.64 bits per heavy atom. The fourth-order valence-electron chi connectivity index (χ4n) is 3.90. The zero-order valence-corrected chi connectivity index (χ0v) is 20.0. The monoisotopic (exact) mass is 482 g/mol. The molecule has 7 nitrogen and oxygen atoms in total. The zero-order valence-electron chi connectivity index (χ0n) is 18.3. The number of sulfone groups is 1. The van der Waals surface area contributed by atoms with Crippen LogP contribution in [0.1, 0.15) is 25.1 Å². The summed E-state index contributed by atoms with van der Waals surface area (Å²) in [5, 5.41) is 11.7. The topological polar surface area (TPSA) is 93.9 Å². The summed E-state index contributed by atoms with van der Waals surface area (Å²) >= 11 is 1.30. The Morgan fingerprint density at radius 1 is 1.21 bits per heavy atom. The largest absolute Gasteiger partial charge is 0.325 e. The Hall–Kier alpha value is -2.91. The summed E-state index contributed by atoms with van der Waals surface area (Å²) in [6.07, 6.45) is 2.26. The lowest BCUT2D eigenvalue weighted by Crippen LogP contribution is -2.23. The molecule has 4 rings (SSSR count). The molecule has 1 amide bonds. The number of allylic oxidation sites excluding steroid dienone is 1. The van der Waals surface area contributed by atoms with Gasteiger partial charge in [0.25, 0.3) is 0 Å². The number of anilines is 1. The van der Waals surface area contributed by atoms with E-state index in [-0.39, 0.29) is 23.3 Å². The number of carbonyl (C=O) groups is 1. The number of amides is 1. The SMILES string of the molecule is C=CCn1c(S[C@H](C)C(=O)Nc2ccccc2-c2ccccc2)nnc1[C@@H]1CCS(=O)(=O)C1. The predicted molar refractivity (Wildman–Crippen MR) is 132 cm³/mol. The van der Waals surface area contributed by atoms with Gasteiger partial charge in [-0.25, -0.2) is 8.42 Å². The summed E-state index contributed by atoms with van der Waals surface area (Å²) in [6.45, 7) is 6.07. The van der Waals surface area contributed by atoms with Gasteiger partial charge in [-0.3, -0.25) is 4.79 Å². The van der Waals surface area contributed by atoms with E-state index in [0.29, 0.717) is 23.9 Å². The second-order valence-electron chi connectivity index (χ2n) is 8.00. The standard InChI is InChI=1S/C24H26N4O3S2/c1-3-14-28-22(19-13-15-33(30,31)16-19)26-27-24(28)32-17(2)23(29)25-21-12-8-7-11-20(21)18-9-5-4-6-10-18/h3-12,17,19H,1,13-16H2,2H3,(H,25,29)/t17-,19-/m1/s1. The van der Waals surface area contributed by atoms with Crippen LogP contribution in [0.3, 0.4) is 0 Å². The molecule has 1 fully saturated rings. The number of benzene rings is 2. The Bertz CT molecular complexity index is 1260. The van der Waals surface area contributed by atoms with Crippen LogP contribution in [0.5, 0.6) is 0 Å². The van der Waals surface area contributed by atoms with Crippen molar-refractivity contribution in [3.63, 3.8) is 0 Å². The van der Waals surface area contributed by atoms with Gasteiger partial charge in [-0.05, 0) is 25.0 Å². The van der Waals surface area contributed by atoms with Crippen molar-refractivity contribution in [3.05, 3.63) is 73.1 Å². The van der Waals surface area contributed by atoms with E-state index in [1.54, 1.807) is 6.08 Å². The van der Waals surface area contributed by atoms with Crippen molar-refractivity contribution >= 4 is 33.2 Å². The van der Waals surface area contributed by atoms with Gasteiger partial charge >= 0.3 is 0 Å². The average molecular weight is 483 g/mol. The lowest BCUT2D eigenvalue weighted by molar-refractivity contribution is -0.115. The number of hydrogen-bond donors (Lipinski definition) is 1. The maximum absolute atomic E-state index is 13.0. The minimum absolute atomic E-state index is 0.0826. The van der Waals surface area contributed by atoms with E-state index in [1.807, 2.05) is 66.1 Å². The van der Waals surface area contributed by atoms with Gasteiger partial charge in [0.1, 0.15) is 5.82 Å². The van der Waals surface area contributed by atoms with E-state index in [0.717, 1.165) is 16.8 Å². The maximum atomic E-state index is 13.0. The Morgan fingerprint density at radius 2 is 1.94 bits per heavy atom. The van der Waals surface area contributed by atoms with E-state index in [4.69, 9.17) is 0 Å². The predicted octanol–water partition coefficient (Wildman–Crippen LogP) is 4.15. The van der Waals surface area contributed by atoms with Gasteiger partial charge in [0.15, 0.2) is 15.0 Å². The normalized spacial score (nSPS) is 18.0. The summed E-state index contributed by atoms with van der Waals surface area (Å²) < 4.78 is 25.7. The third-order valence-electron chi connectivity index (χ3n) is 5.58. The van der Waals surface area contributed by atoms with E-state index >= 15 is 0 Å². The highest BCUT2D eigenvalue weighted by atomic mass is 32.2. The highest BCUT2D eigenvalue weighted by molar-refractivity contribution is 8.00. The van der Waals surface area contributed by atoms with Gasteiger partial charge < -0.3 is 9.88 Å². The van der Waals surface area contributed by atoms with Crippen LogP contribution in [0, 0.1) is 0 Å². The van der Waals surface area contributed by atoms with Crippen molar-refractivity contribution in [1.82, 2.24) is 14.8 Å². The lowest BCUT2D eigenvalue weighted by Gasteiger charge is -2.16. The van der Waals surface area contributed by atoms with E-state index in [2.05, 4.69) is 22.1 Å². The molecule has 0 unspecified atom stereocenters. The van der Waals surface area contributed by atoms with Crippen LogP contribution in [0.25, 0.3) is 11.1 Å². The fraction of sp³-hybridized carbons (Fsp3) is 0.292. The molecular formula is C24H26N4O3S2. The Kier molecular flexibility index (Phi) is 6.99. The van der Waals surface area contributed by atoms with Gasteiger partial charge in [0.05, 0.1) is 16.8 Å². The molecule has 2 heterocycles. The highest BCUT2D eigenvalue weighted by Gasteiger charge is 2.33. The maximum Gasteiger partial charge on any atom is 0.237 e. The first-order valence-electron chi connectivity index (χ1n) is 10.7. The number of rotatable bonds is 8.